The van der Waals surface area contributed by atoms with E-state index in [1.165, 1.54) is 17.6 Å². The molecule has 0 saturated carbocycles. The monoisotopic (exact) mass is 363 g/mol. The SMILES string of the molecule is O=S(=O)(Cc1ccccc1)NCc1ccc(C(O)c2ccco2)s1. The molecule has 126 valence electrons. The zero-order valence-corrected chi connectivity index (χ0v) is 14.4. The molecular formula is C17H17NO4S2. The van der Waals surface area contributed by atoms with Gasteiger partial charge in [-0.15, -0.1) is 11.3 Å². The van der Waals surface area contributed by atoms with Gasteiger partial charge < -0.3 is 9.52 Å². The Bertz CT molecular complexity index is 870. The van der Waals surface area contributed by atoms with Crippen molar-refractivity contribution >= 4 is 21.4 Å². The molecule has 1 atom stereocenters. The molecule has 0 aliphatic carbocycles. The predicted molar refractivity (Wildman–Crippen MR) is 93.0 cm³/mol. The molecule has 0 amide bonds. The van der Waals surface area contributed by atoms with Gasteiger partial charge >= 0.3 is 0 Å². The lowest BCUT2D eigenvalue weighted by molar-refractivity contribution is 0.193. The quantitative estimate of drug-likeness (QED) is 0.676. The first kappa shape index (κ1) is 16.9. The zero-order chi connectivity index (χ0) is 17.0. The van der Waals surface area contributed by atoms with Gasteiger partial charge in [0.05, 0.1) is 12.0 Å². The molecular weight excluding hydrogens is 346 g/mol. The summed E-state index contributed by atoms with van der Waals surface area (Å²) >= 11 is 1.35. The topological polar surface area (TPSA) is 79.5 Å². The Kier molecular flexibility index (Phi) is 5.15. The number of thiophene rings is 1. The Balaban J connectivity index is 1.61. The second kappa shape index (κ2) is 7.31. The van der Waals surface area contributed by atoms with Crippen LogP contribution >= 0.6 is 11.3 Å². The van der Waals surface area contributed by atoms with Crippen molar-refractivity contribution in [2.24, 2.45) is 0 Å². The molecule has 2 aromatic heterocycles. The van der Waals surface area contributed by atoms with Crippen molar-refractivity contribution in [1.29, 1.82) is 0 Å². The van der Waals surface area contributed by atoms with E-state index in [1.807, 2.05) is 18.2 Å². The number of aliphatic hydroxyl groups is 1. The van der Waals surface area contributed by atoms with E-state index in [0.717, 1.165) is 10.4 Å². The fourth-order valence-corrected chi connectivity index (χ4v) is 4.40. The molecule has 2 heterocycles. The summed E-state index contributed by atoms with van der Waals surface area (Å²) in [6.45, 7) is 0.199. The summed E-state index contributed by atoms with van der Waals surface area (Å²) in [6, 6.07) is 16.0. The highest BCUT2D eigenvalue weighted by Crippen LogP contribution is 2.28. The number of hydrogen-bond acceptors (Lipinski definition) is 5. The van der Waals surface area contributed by atoms with E-state index in [4.69, 9.17) is 4.42 Å². The number of hydrogen-bond donors (Lipinski definition) is 2. The molecule has 0 fully saturated rings. The van der Waals surface area contributed by atoms with Gasteiger partial charge in [-0.3, -0.25) is 0 Å². The number of benzene rings is 1. The molecule has 0 radical (unpaired) electrons. The maximum atomic E-state index is 12.1. The Hall–Kier alpha value is -1.93. The first-order chi connectivity index (χ1) is 11.5. The van der Waals surface area contributed by atoms with Crippen molar-refractivity contribution in [2.45, 2.75) is 18.4 Å². The normalized spacial score (nSPS) is 13.0. The van der Waals surface area contributed by atoms with Gasteiger partial charge in [-0.25, -0.2) is 13.1 Å². The van der Waals surface area contributed by atoms with Crippen molar-refractivity contribution in [3.8, 4) is 0 Å². The summed E-state index contributed by atoms with van der Waals surface area (Å²) in [4.78, 5) is 1.54. The summed E-state index contributed by atoms with van der Waals surface area (Å²) in [5, 5.41) is 10.2. The van der Waals surface area contributed by atoms with Gasteiger partial charge in [0, 0.05) is 16.3 Å². The van der Waals surface area contributed by atoms with Crippen LogP contribution in [0.3, 0.4) is 0 Å². The van der Waals surface area contributed by atoms with Crippen LogP contribution in [0.4, 0.5) is 0 Å². The molecule has 0 spiro atoms. The van der Waals surface area contributed by atoms with Crippen LogP contribution in [0.15, 0.2) is 65.3 Å². The van der Waals surface area contributed by atoms with E-state index in [9.17, 15) is 13.5 Å². The van der Waals surface area contributed by atoms with E-state index < -0.39 is 16.1 Å². The minimum atomic E-state index is -3.41. The Morgan fingerprint density at radius 2 is 1.88 bits per heavy atom. The maximum Gasteiger partial charge on any atom is 0.216 e. The molecule has 3 rings (SSSR count). The van der Waals surface area contributed by atoms with Crippen LogP contribution in [-0.4, -0.2) is 13.5 Å². The first-order valence-corrected chi connectivity index (χ1v) is 9.82. The number of furan rings is 1. The van der Waals surface area contributed by atoms with Gasteiger partial charge in [-0.05, 0) is 29.8 Å². The van der Waals surface area contributed by atoms with Gasteiger partial charge in [0.1, 0.15) is 11.9 Å². The van der Waals surface area contributed by atoms with E-state index in [1.54, 1.807) is 36.4 Å². The van der Waals surface area contributed by atoms with E-state index in [0.29, 0.717) is 10.6 Å². The van der Waals surface area contributed by atoms with Gasteiger partial charge in [0.2, 0.25) is 10.0 Å². The second-order valence-corrected chi connectivity index (χ2v) is 8.29. The average molecular weight is 363 g/mol. The summed E-state index contributed by atoms with van der Waals surface area (Å²) < 4.78 is 32.0. The minimum absolute atomic E-state index is 0.0545. The van der Waals surface area contributed by atoms with E-state index in [2.05, 4.69) is 4.72 Å². The first-order valence-electron chi connectivity index (χ1n) is 7.35. The van der Waals surface area contributed by atoms with Crippen molar-refractivity contribution in [3.63, 3.8) is 0 Å². The second-order valence-electron chi connectivity index (χ2n) is 5.29. The van der Waals surface area contributed by atoms with E-state index >= 15 is 0 Å². The molecule has 0 bridgehead atoms. The smallest absolute Gasteiger partial charge is 0.216 e. The number of nitrogens with one attached hydrogen (secondary N) is 1. The predicted octanol–water partition coefficient (Wildman–Crippen LogP) is 3.04. The van der Waals surface area contributed by atoms with Crippen molar-refractivity contribution in [2.75, 3.05) is 0 Å². The number of aliphatic hydroxyl groups excluding tert-OH is 1. The van der Waals surface area contributed by atoms with Crippen LogP contribution in [-0.2, 0) is 22.3 Å². The third kappa shape index (κ3) is 4.33. The van der Waals surface area contributed by atoms with Gasteiger partial charge in [-0.2, -0.15) is 0 Å². The van der Waals surface area contributed by atoms with Crippen molar-refractivity contribution in [3.05, 3.63) is 81.9 Å². The average Bonchev–Trinajstić information content (AvgIpc) is 3.25. The summed E-state index contributed by atoms with van der Waals surface area (Å²) in [7, 11) is -3.41. The lowest BCUT2D eigenvalue weighted by Gasteiger charge is -2.06. The minimum Gasteiger partial charge on any atom is -0.466 e. The highest BCUT2D eigenvalue weighted by atomic mass is 32.2. The molecule has 2 N–H and O–H groups in total. The standard InChI is InChI=1S/C17H17NO4S2/c19-17(15-7-4-10-22-15)16-9-8-14(23-16)11-18-24(20,21)12-13-5-2-1-3-6-13/h1-10,17-19H,11-12H2. The zero-order valence-electron chi connectivity index (χ0n) is 12.8. The fourth-order valence-electron chi connectivity index (χ4n) is 2.25. The summed E-state index contributed by atoms with van der Waals surface area (Å²) in [5.41, 5.74) is 0.741. The van der Waals surface area contributed by atoms with Crippen LogP contribution in [0.5, 0.6) is 0 Å². The molecule has 24 heavy (non-hydrogen) atoms. The van der Waals surface area contributed by atoms with Crippen LogP contribution < -0.4 is 4.72 Å². The number of sulfonamides is 1. The Labute approximate surface area is 144 Å². The lowest BCUT2D eigenvalue weighted by atomic mass is 10.2. The third-order valence-electron chi connectivity index (χ3n) is 3.43. The molecule has 7 heteroatoms. The van der Waals surface area contributed by atoms with Crippen LogP contribution in [0.1, 0.15) is 27.2 Å². The van der Waals surface area contributed by atoms with Crippen LogP contribution in [0.25, 0.3) is 0 Å². The van der Waals surface area contributed by atoms with Gasteiger partial charge in [0.25, 0.3) is 0 Å². The van der Waals surface area contributed by atoms with Crippen LogP contribution in [0.2, 0.25) is 0 Å². The fraction of sp³-hybridized carbons (Fsp3) is 0.176. The maximum absolute atomic E-state index is 12.1. The molecule has 0 saturated heterocycles. The molecule has 1 unspecified atom stereocenters. The lowest BCUT2D eigenvalue weighted by Crippen LogP contribution is -2.24. The molecule has 3 aromatic rings. The Morgan fingerprint density at radius 1 is 1.08 bits per heavy atom. The van der Waals surface area contributed by atoms with Crippen molar-refractivity contribution < 1.29 is 17.9 Å². The molecule has 0 aliphatic rings. The molecule has 0 aliphatic heterocycles. The van der Waals surface area contributed by atoms with Crippen LogP contribution in [0, 0.1) is 0 Å². The molecule has 5 nitrogen and oxygen atoms in total. The highest BCUT2D eigenvalue weighted by molar-refractivity contribution is 7.88. The largest absolute Gasteiger partial charge is 0.466 e. The Morgan fingerprint density at radius 3 is 2.58 bits per heavy atom. The summed E-state index contributed by atoms with van der Waals surface area (Å²) in [5.74, 6) is 0.411. The van der Waals surface area contributed by atoms with E-state index in [-0.39, 0.29) is 12.3 Å². The number of rotatable bonds is 7. The van der Waals surface area contributed by atoms with Gasteiger partial charge in [0.15, 0.2) is 0 Å². The molecule has 1 aromatic carbocycles. The summed E-state index contributed by atoms with van der Waals surface area (Å²) in [6.07, 6.45) is 0.671. The highest BCUT2D eigenvalue weighted by Gasteiger charge is 2.17. The third-order valence-corrected chi connectivity index (χ3v) is 5.87. The van der Waals surface area contributed by atoms with Crippen molar-refractivity contribution in [1.82, 2.24) is 4.72 Å². The van der Waals surface area contributed by atoms with Gasteiger partial charge in [-0.1, -0.05) is 30.3 Å².